The quantitative estimate of drug-likeness (QED) is 0.914. The van der Waals surface area contributed by atoms with Gasteiger partial charge in [0.25, 0.3) is 11.3 Å². The molecule has 0 atom stereocenters. The number of hydrogen-bond donors (Lipinski definition) is 1. The molecular formula is C15H21N5O2. The van der Waals surface area contributed by atoms with E-state index in [1.165, 1.54) is 10.8 Å². The third-order valence-corrected chi connectivity index (χ3v) is 4.46. The summed E-state index contributed by atoms with van der Waals surface area (Å²) in [5.74, 6) is 1.19. The average Bonchev–Trinajstić information content (AvgIpc) is 2.96. The van der Waals surface area contributed by atoms with E-state index in [9.17, 15) is 9.59 Å². The molecule has 2 aromatic heterocycles. The molecule has 0 radical (unpaired) electrons. The first-order valence-corrected chi connectivity index (χ1v) is 7.75. The Bertz CT molecular complexity index is 740. The number of piperidine rings is 1. The molecule has 2 aromatic rings. The molecule has 1 amide bonds. The van der Waals surface area contributed by atoms with Crippen LogP contribution >= 0.6 is 0 Å². The molecule has 3 heterocycles. The summed E-state index contributed by atoms with van der Waals surface area (Å²) in [6, 6.07) is 0. The second-order valence-corrected chi connectivity index (χ2v) is 6.07. The van der Waals surface area contributed by atoms with Crippen molar-refractivity contribution in [2.75, 3.05) is 13.1 Å². The van der Waals surface area contributed by atoms with Gasteiger partial charge in [-0.05, 0) is 32.1 Å². The number of aromatic nitrogens is 4. The molecule has 0 unspecified atom stereocenters. The molecule has 22 heavy (non-hydrogen) atoms. The fourth-order valence-corrected chi connectivity index (χ4v) is 2.93. The maximum Gasteiger partial charge on any atom is 0.277 e. The maximum absolute atomic E-state index is 12.4. The second-order valence-electron chi connectivity index (χ2n) is 6.07. The van der Waals surface area contributed by atoms with Gasteiger partial charge < -0.3 is 4.90 Å². The van der Waals surface area contributed by atoms with Crippen LogP contribution in [0.15, 0.2) is 11.1 Å². The van der Waals surface area contributed by atoms with E-state index in [4.69, 9.17) is 0 Å². The summed E-state index contributed by atoms with van der Waals surface area (Å²) in [6.45, 7) is 5.67. The minimum Gasteiger partial charge on any atom is -0.343 e. The molecule has 118 valence electrons. The van der Waals surface area contributed by atoms with Crippen LogP contribution in [-0.4, -0.2) is 43.5 Å². The lowest BCUT2D eigenvalue weighted by molar-refractivity contribution is -0.132. The number of H-pyrrole nitrogens is 1. The lowest BCUT2D eigenvalue weighted by Crippen LogP contribution is -2.38. The minimum atomic E-state index is -0.167. The smallest absolute Gasteiger partial charge is 0.277 e. The Hall–Kier alpha value is -2.18. The van der Waals surface area contributed by atoms with Gasteiger partial charge in [-0.1, -0.05) is 6.92 Å². The van der Waals surface area contributed by atoms with Crippen molar-refractivity contribution in [2.45, 2.75) is 39.5 Å². The molecule has 1 aliphatic heterocycles. The highest BCUT2D eigenvalue weighted by Gasteiger charge is 2.21. The Kier molecular flexibility index (Phi) is 3.96. The molecule has 0 aliphatic carbocycles. The fraction of sp³-hybridized carbons (Fsp3) is 0.600. The summed E-state index contributed by atoms with van der Waals surface area (Å²) in [6.07, 6.45) is 4.34. The van der Waals surface area contributed by atoms with Crippen molar-refractivity contribution in [1.29, 1.82) is 0 Å². The largest absolute Gasteiger partial charge is 0.343 e. The first-order chi connectivity index (χ1) is 10.6. The lowest BCUT2D eigenvalue weighted by Gasteiger charge is -2.30. The molecule has 0 spiro atoms. The van der Waals surface area contributed by atoms with Crippen molar-refractivity contribution in [3.63, 3.8) is 0 Å². The SMILES string of the molecule is Cc1nc2nc[nH]n2c(=O)c1CCC(=O)N1CCC(C)CC1. The molecule has 1 fully saturated rings. The minimum absolute atomic E-state index is 0.125. The average molecular weight is 303 g/mol. The topological polar surface area (TPSA) is 83.4 Å². The van der Waals surface area contributed by atoms with Crippen LogP contribution in [0, 0.1) is 12.8 Å². The highest BCUT2D eigenvalue weighted by atomic mass is 16.2. The number of likely N-dealkylation sites (tertiary alicyclic amines) is 1. The Morgan fingerprint density at radius 1 is 1.41 bits per heavy atom. The summed E-state index contributed by atoms with van der Waals surface area (Å²) in [5, 5.41) is 2.75. The molecule has 0 aromatic carbocycles. The number of fused-ring (bicyclic) bond motifs is 1. The maximum atomic E-state index is 12.4. The van der Waals surface area contributed by atoms with Gasteiger partial charge in [0.1, 0.15) is 6.33 Å². The van der Waals surface area contributed by atoms with Crippen LogP contribution in [-0.2, 0) is 11.2 Å². The van der Waals surface area contributed by atoms with Crippen molar-refractivity contribution < 1.29 is 4.79 Å². The van der Waals surface area contributed by atoms with Gasteiger partial charge in [0.05, 0.1) is 5.69 Å². The number of rotatable bonds is 3. The number of carbonyl (C=O) groups is 1. The van der Waals surface area contributed by atoms with Crippen molar-refractivity contribution in [3.8, 4) is 0 Å². The zero-order chi connectivity index (χ0) is 15.7. The van der Waals surface area contributed by atoms with E-state index in [-0.39, 0.29) is 11.5 Å². The summed E-state index contributed by atoms with van der Waals surface area (Å²) >= 11 is 0. The van der Waals surface area contributed by atoms with E-state index < -0.39 is 0 Å². The predicted molar refractivity (Wildman–Crippen MR) is 81.6 cm³/mol. The first kappa shape index (κ1) is 14.7. The highest BCUT2D eigenvalue weighted by molar-refractivity contribution is 5.76. The zero-order valence-corrected chi connectivity index (χ0v) is 13.0. The van der Waals surface area contributed by atoms with E-state index in [1.54, 1.807) is 6.92 Å². The third-order valence-electron chi connectivity index (χ3n) is 4.46. The van der Waals surface area contributed by atoms with Crippen LogP contribution < -0.4 is 5.56 Å². The summed E-state index contributed by atoms with van der Waals surface area (Å²) in [5.41, 5.74) is 1.07. The summed E-state index contributed by atoms with van der Waals surface area (Å²) < 4.78 is 1.31. The number of aryl methyl sites for hydroxylation is 1. The van der Waals surface area contributed by atoms with Gasteiger partial charge in [-0.15, -0.1) is 0 Å². The Morgan fingerprint density at radius 2 is 2.14 bits per heavy atom. The van der Waals surface area contributed by atoms with E-state index >= 15 is 0 Å². The van der Waals surface area contributed by atoms with Crippen LogP contribution in [0.25, 0.3) is 5.78 Å². The first-order valence-electron chi connectivity index (χ1n) is 7.75. The Labute approximate surface area is 128 Å². The number of nitrogens with zero attached hydrogens (tertiary/aromatic N) is 4. The molecule has 1 N–H and O–H groups in total. The second kappa shape index (κ2) is 5.90. The standard InChI is InChI=1S/C15H21N5O2/c1-10-5-7-19(8-6-10)13(21)4-3-12-11(2)18-15-16-9-17-20(15)14(12)22/h9-10H,3-8H2,1-2H3,(H,16,17,18). The zero-order valence-electron chi connectivity index (χ0n) is 13.0. The van der Waals surface area contributed by atoms with Gasteiger partial charge in [0.2, 0.25) is 5.91 Å². The monoisotopic (exact) mass is 303 g/mol. The van der Waals surface area contributed by atoms with Crippen molar-refractivity contribution in [2.24, 2.45) is 5.92 Å². The fourth-order valence-electron chi connectivity index (χ4n) is 2.93. The highest BCUT2D eigenvalue weighted by Crippen LogP contribution is 2.17. The van der Waals surface area contributed by atoms with Crippen LogP contribution in [0.2, 0.25) is 0 Å². The molecule has 0 bridgehead atoms. The van der Waals surface area contributed by atoms with Gasteiger partial charge in [0, 0.05) is 25.1 Å². The van der Waals surface area contributed by atoms with Gasteiger partial charge in [-0.2, -0.15) is 4.52 Å². The third kappa shape index (κ3) is 2.75. The number of hydrogen-bond acceptors (Lipinski definition) is 4. The molecule has 7 nitrogen and oxygen atoms in total. The molecule has 3 rings (SSSR count). The van der Waals surface area contributed by atoms with Gasteiger partial charge in [0.15, 0.2) is 0 Å². The molecule has 0 saturated carbocycles. The van der Waals surface area contributed by atoms with Crippen LogP contribution in [0.5, 0.6) is 0 Å². The number of aromatic amines is 1. The Morgan fingerprint density at radius 3 is 2.86 bits per heavy atom. The molecule has 1 aliphatic rings. The van der Waals surface area contributed by atoms with Gasteiger partial charge >= 0.3 is 0 Å². The molecule has 7 heteroatoms. The van der Waals surface area contributed by atoms with E-state index in [2.05, 4.69) is 22.0 Å². The van der Waals surface area contributed by atoms with E-state index in [0.29, 0.717) is 35.8 Å². The lowest BCUT2D eigenvalue weighted by atomic mass is 9.98. The predicted octanol–water partition coefficient (Wildman–Crippen LogP) is 0.917. The van der Waals surface area contributed by atoms with Crippen molar-refractivity contribution in [3.05, 3.63) is 27.9 Å². The van der Waals surface area contributed by atoms with Crippen LogP contribution in [0.1, 0.15) is 37.4 Å². The van der Waals surface area contributed by atoms with E-state index in [1.807, 2.05) is 4.90 Å². The van der Waals surface area contributed by atoms with Gasteiger partial charge in [-0.3, -0.25) is 14.7 Å². The van der Waals surface area contributed by atoms with Crippen LogP contribution in [0.4, 0.5) is 0 Å². The normalized spacial score (nSPS) is 16.4. The molecule has 1 saturated heterocycles. The molecular weight excluding hydrogens is 282 g/mol. The number of nitrogens with one attached hydrogen (secondary N) is 1. The Balaban J connectivity index is 1.71. The summed E-state index contributed by atoms with van der Waals surface area (Å²) in [7, 11) is 0. The van der Waals surface area contributed by atoms with Crippen molar-refractivity contribution >= 4 is 11.7 Å². The number of carbonyl (C=O) groups excluding carboxylic acids is 1. The van der Waals surface area contributed by atoms with Crippen LogP contribution in [0.3, 0.4) is 0 Å². The van der Waals surface area contributed by atoms with Gasteiger partial charge in [-0.25, -0.2) is 9.97 Å². The summed E-state index contributed by atoms with van der Waals surface area (Å²) in [4.78, 5) is 34.8. The van der Waals surface area contributed by atoms with Crippen molar-refractivity contribution in [1.82, 2.24) is 24.5 Å². The number of amides is 1. The van der Waals surface area contributed by atoms with E-state index in [0.717, 1.165) is 25.9 Å².